The van der Waals surface area contributed by atoms with Crippen LogP contribution in [0.15, 0.2) is 0 Å². The van der Waals surface area contributed by atoms with Crippen molar-refractivity contribution < 1.29 is 23.4 Å². The summed E-state index contributed by atoms with van der Waals surface area (Å²) in [4.78, 5) is 10.4. The van der Waals surface area contributed by atoms with Gasteiger partial charge in [-0.2, -0.15) is 0 Å². The number of carboxylic acids is 1. The van der Waals surface area contributed by atoms with E-state index in [2.05, 4.69) is 0 Å². The zero-order chi connectivity index (χ0) is 10.9. The summed E-state index contributed by atoms with van der Waals surface area (Å²) in [6.45, 7) is 2.79. The lowest BCUT2D eigenvalue weighted by molar-refractivity contribution is -0.152. The van der Waals surface area contributed by atoms with E-state index in [0.29, 0.717) is 0 Å². The Morgan fingerprint density at radius 2 is 1.85 bits per heavy atom. The molecule has 1 atom stereocenters. The molecule has 0 radical (unpaired) electrons. The van der Waals surface area contributed by atoms with Gasteiger partial charge >= 0.3 is 5.97 Å². The van der Waals surface area contributed by atoms with E-state index in [-0.39, 0.29) is 5.75 Å². The molecule has 5 nitrogen and oxygen atoms in total. The zero-order valence-electron chi connectivity index (χ0n) is 7.81. The van der Waals surface area contributed by atoms with Crippen LogP contribution in [0.2, 0.25) is 0 Å². The van der Waals surface area contributed by atoms with Crippen LogP contribution in [0.3, 0.4) is 0 Å². The Morgan fingerprint density at radius 1 is 1.46 bits per heavy atom. The Hall–Kier alpha value is -0.620. The number of sulfone groups is 1. The predicted octanol–water partition coefficient (Wildman–Crippen LogP) is -0.497. The van der Waals surface area contributed by atoms with E-state index in [1.54, 1.807) is 0 Å². The minimum atomic E-state index is -3.28. The Balaban J connectivity index is 4.68. The van der Waals surface area contributed by atoms with Gasteiger partial charge in [0.1, 0.15) is 9.84 Å². The van der Waals surface area contributed by atoms with Crippen LogP contribution in [0.25, 0.3) is 0 Å². The molecule has 0 heterocycles. The van der Waals surface area contributed by atoms with Gasteiger partial charge in [0.15, 0.2) is 6.10 Å². The summed E-state index contributed by atoms with van der Waals surface area (Å²) in [5.74, 6) is -1.76. The molecule has 0 aliphatic carbocycles. The summed E-state index contributed by atoms with van der Waals surface area (Å²) in [5, 5.41) is 17.6. The third kappa shape index (κ3) is 4.23. The van der Waals surface area contributed by atoms with E-state index in [0.717, 1.165) is 6.26 Å². The fourth-order valence-electron chi connectivity index (χ4n) is 1.09. The van der Waals surface area contributed by atoms with Crippen LogP contribution in [-0.2, 0) is 14.6 Å². The Labute approximate surface area is 77.3 Å². The SMILES string of the molecule is CC(C)(CS(C)(=O)=O)C(O)C(=O)O. The molecule has 0 aromatic rings. The molecule has 0 aromatic carbocycles. The van der Waals surface area contributed by atoms with Crippen molar-refractivity contribution in [1.29, 1.82) is 0 Å². The van der Waals surface area contributed by atoms with Crippen molar-refractivity contribution in [3.8, 4) is 0 Å². The number of carbonyl (C=O) groups is 1. The van der Waals surface area contributed by atoms with Crippen molar-refractivity contribution in [3.05, 3.63) is 0 Å². The Bertz CT molecular complexity index is 290. The first-order chi connectivity index (χ1) is 5.56. The van der Waals surface area contributed by atoms with Gasteiger partial charge in [0, 0.05) is 11.7 Å². The number of aliphatic hydroxyl groups excluding tert-OH is 1. The first-order valence-electron chi connectivity index (χ1n) is 3.65. The van der Waals surface area contributed by atoms with E-state index in [1.165, 1.54) is 13.8 Å². The summed E-state index contributed by atoms with van der Waals surface area (Å²) >= 11 is 0. The van der Waals surface area contributed by atoms with Crippen molar-refractivity contribution >= 4 is 15.8 Å². The molecule has 0 saturated heterocycles. The van der Waals surface area contributed by atoms with Crippen molar-refractivity contribution in [2.75, 3.05) is 12.0 Å². The molecule has 0 aromatic heterocycles. The van der Waals surface area contributed by atoms with Crippen molar-refractivity contribution in [1.82, 2.24) is 0 Å². The highest BCUT2D eigenvalue weighted by Gasteiger charge is 2.36. The lowest BCUT2D eigenvalue weighted by Gasteiger charge is -2.26. The summed E-state index contributed by atoms with van der Waals surface area (Å²) < 4.78 is 21.7. The third-order valence-corrected chi connectivity index (χ3v) is 2.88. The largest absolute Gasteiger partial charge is 0.479 e. The molecule has 0 amide bonds. The highest BCUT2D eigenvalue weighted by atomic mass is 32.2. The number of aliphatic hydroxyl groups is 1. The second-order valence-corrected chi connectivity index (χ2v) is 5.94. The van der Waals surface area contributed by atoms with Gasteiger partial charge in [0.05, 0.1) is 5.75 Å². The summed E-state index contributed by atoms with van der Waals surface area (Å²) in [6, 6.07) is 0. The van der Waals surface area contributed by atoms with E-state index < -0.39 is 27.3 Å². The molecule has 0 saturated carbocycles. The van der Waals surface area contributed by atoms with Gasteiger partial charge in [-0.15, -0.1) is 0 Å². The quantitative estimate of drug-likeness (QED) is 0.652. The number of rotatable bonds is 4. The number of hydrogen-bond donors (Lipinski definition) is 2. The molecule has 0 aliphatic rings. The van der Waals surface area contributed by atoms with Gasteiger partial charge in [-0.05, 0) is 0 Å². The maximum absolute atomic E-state index is 10.9. The van der Waals surface area contributed by atoms with Gasteiger partial charge in [-0.25, -0.2) is 13.2 Å². The minimum absolute atomic E-state index is 0.354. The Morgan fingerprint density at radius 3 is 2.08 bits per heavy atom. The lowest BCUT2D eigenvalue weighted by Crippen LogP contribution is -2.41. The first kappa shape index (κ1) is 12.4. The van der Waals surface area contributed by atoms with Gasteiger partial charge < -0.3 is 10.2 Å². The standard InChI is InChI=1S/C7H14O5S/c1-7(2,4-13(3,11)12)5(8)6(9)10/h5,8H,4H2,1-3H3,(H,9,10). The van der Waals surface area contributed by atoms with Gasteiger partial charge in [0.2, 0.25) is 0 Å². The molecule has 78 valence electrons. The van der Waals surface area contributed by atoms with Gasteiger partial charge in [0.25, 0.3) is 0 Å². The molecule has 0 aliphatic heterocycles. The number of aliphatic carboxylic acids is 1. The van der Waals surface area contributed by atoms with Crippen LogP contribution >= 0.6 is 0 Å². The molecule has 6 heteroatoms. The molecule has 0 fully saturated rings. The molecular weight excluding hydrogens is 196 g/mol. The molecule has 0 spiro atoms. The fourth-order valence-corrected chi connectivity index (χ4v) is 2.60. The average Bonchev–Trinajstić information content (AvgIpc) is 1.80. The molecule has 0 rings (SSSR count). The molecular formula is C7H14O5S. The number of hydrogen-bond acceptors (Lipinski definition) is 4. The van der Waals surface area contributed by atoms with E-state index >= 15 is 0 Å². The van der Waals surface area contributed by atoms with Crippen LogP contribution in [0, 0.1) is 5.41 Å². The highest BCUT2D eigenvalue weighted by molar-refractivity contribution is 7.90. The number of carboxylic acid groups (broad SMARTS) is 1. The minimum Gasteiger partial charge on any atom is -0.479 e. The second-order valence-electron chi connectivity index (χ2n) is 3.80. The predicted molar refractivity (Wildman–Crippen MR) is 47.1 cm³/mol. The summed E-state index contributed by atoms with van der Waals surface area (Å²) in [7, 11) is -3.28. The third-order valence-electron chi connectivity index (χ3n) is 1.61. The van der Waals surface area contributed by atoms with Crippen molar-refractivity contribution in [3.63, 3.8) is 0 Å². The summed E-state index contributed by atoms with van der Waals surface area (Å²) in [5.41, 5.74) is -1.17. The van der Waals surface area contributed by atoms with Crippen LogP contribution < -0.4 is 0 Å². The smallest absolute Gasteiger partial charge is 0.333 e. The monoisotopic (exact) mass is 210 g/mol. The zero-order valence-corrected chi connectivity index (χ0v) is 8.63. The fraction of sp³-hybridized carbons (Fsp3) is 0.857. The molecule has 0 bridgehead atoms. The van der Waals surface area contributed by atoms with E-state index in [9.17, 15) is 13.2 Å². The van der Waals surface area contributed by atoms with Crippen LogP contribution in [0.5, 0.6) is 0 Å². The van der Waals surface area contributed by atoms with Gasteiger partial charge in [-0.1, -0.05) is 13.8 Å². The van der Waals surface area contributed by atoms with Crippen molar-refractivity contribution in [2.45, 2.75) is 20.0 Å². The first-order valence-corrected chi connectivity index (χ1v) is 5.71. The van der Waals surface area contributed by atoms with E-state index in [1.807, 2.05) is 0 Å². The van der Waals surface area contributed by atoms with Crippen LogP contribution in [-0.4, -0.2) is 42.7 Å². The van der Waals surface area contributed by atoms with E-state index in [4.69, 9.17) is 10.2 Å². The maximum Gasteiger partial charge on any atom is 0.333 e. The second kappa shape index (κ2) is 3.63. The molecule has 13 heavy (non-hydrogen) atoms. The van der Waals surface area contributed by atoms with Crippen molar-refractivity contribution in [2.24, 2.45) is 5.41 Å². The maximum atomic E-state index is 10.9. The topological polar surface area (TPSA) is 91.7 Å². The average molecular weight is 210 g/mol. The van der Waals surface area contributed by atoms with Crippen LogP contribution in [0.4, 0.5) is 0 Å². The Kier molecular flexibility index (Phi) is 3.46. The van der Waals surface area contributed by atoms with Gasteiger partial charge in [-0.3, -0.25) is 0 Å². The summed E-state index contributed by atoms with van der Waals surface area (Å²) in [6.07, 6.45) is -0.661. The highest BCUT2D eigenvalue weighted by Crippen LogP contribution is 2.22. The van der Waals surface area contributed by atoms with Crippen LogP contribution in [0.1, 0.15) is 13.8 Å². The lowest BCUT2D eigenvalue weighted by atomic mass is 9.89. The normalized spacial score (nSPS) is 15.4. The molecule has 2 N–H and O–H groups in total. The molecule has 1 unspecified atom stereocenters.